The van der Waals surface area contributed by atoms with Crippen LogP contribution in [0, 0.1) is 6.92 Å². The molecule has 184 valence electrons. The number of nitrogens with one attached hydrogen (secondary N) is 1. The molecular formula is C27H26N4O5. The Hall–Kier alpha value is -4.53. The van der Waals surface area contributed by atoms with Crippen molar-refractivity contribution in [3.63, 3.8) is 0 Å². The molecule has 0 saturated heterocycles. The number of carbonyl (C=O) groups excluding carboxylic acids is 2. The monoisotopic (exact) mass is 486 g/mol. The molecule has 0 aliphatic carbocycles. The van der Waals surface area contributed by atoms with Crippen molar-refractivity contribution in [3.8, 4) is 5.69 Å². The summed E-state index contributed by atoms with van der Waals surface area (Å²) in [5.74, 6) is -0.976. The van der Waals surface area contributed by atoms with Crippen molar-refractivity contribution in [1.82, 2.24) is 14.1 Å². The summed E-state index contributed by atoms with van der Waals surface area (Å²) < 4.78 is 6.90. The number of rotatable bonds is 6. The van der Waals surface area contributed by atoms with Crippen LogP contribution >= 0.6 is 0 Å². The van der Waals surface area contributed by atoms with E-state index in [0.717, 1.165) is 10.1 Å². The van der Waals surface area contributed by atoms with Crippen LogP contribution in [0.1, 0.15) is 41.4 Å². The van der Waals surface area contributed by atoms with Crippen LogP contribution < -0.4 is 16.6 Å². The maximum absolute atomic E-state index is 13.6. The van der Waals surface area contributed by atoms with Gasteiger partial charge in [-0.2, -0.15) is 0 Å². The molecule has 4 aromatic rings. The van der Waals surface area contributed by atoms with E-state index in [1.165, 1.54) is 17.7 Å². The van der Waals surface area contributed by atoms with E-state index in [2.05, 4.69) is 24.1 Å². The fraction of sp³-hybridized carbons (Fsp3) is 0.222. The maximum Gasteiger partial charge on any atom is 0.338 e. The zero-order valence-corrected chi connectivity index (χ0v) is 20.4. The Labute approximate surface area is 207 Å². The van der Waals surface area contributed by atoms with Gasteiger partial charge in [-0.3, -0.25) is 9.59 Å². The lowest BCUT2D eigenvalue weighted by Crippen LogP contribution is -2.43. The van der Waals surface area contributed by atoms with Crippen molar-refractivity contribution in [2.24, 2.45) is 0 Å². The number of ether oxygens (including phenoxy) is 1. The molecule has 2 aromatic heterocycles. The van der Waals surface area contributed by atoms with Gasteiger partial charge in [-0.1, -0.05) is 44.2 Å². The highest BCUT2D eigenvalue weighted by Gasteiger charge is 2.23. The molecule has 0 spiro atoms. The summed E-state index contributed by atoms with van der Waals surface area (Å²) in [7, 11) is 1.20. The number of nitrogens with zero attached hydrogens (tertiary/aromatic N) is 3. The summed E-state index contributed by atoms with van der Waals surface area (Å²) >= 11 is 0. The highest BCUT2D eigenvalue weighted by molar-refractivity contribution is 6.02. The maximum atomic E-state index is 13.6. The van der Waals surface area contributed by atoms with Gasteiger partial charge in [-0.25, -0.2) is 23.7 Å². The summed E-state index contributed by atoms with van der Waals surface area (Å²) in [4.78, 5) is 56.9. The van der Waals surface area contributed by atoms with Gasteiger partial charge >= 0.3 is 11.7 Å². The second-order valence-corrected chi connectivity index (χ2v) is 8.67. The lowest BCUT2D eigenvalue weighted by atomic mass is 10.0. The molecule has 0 radical (unpaired) electrons. The number of esters is 1. The van der Waals surface area contributed by atoms with Crippen LogP contribution in [0.2, 0.25) is 0 Å². The van der Waals surface area contributed by atoms with Crippen LogP contribution in [-0.2, 0) is 16.1 Å². The number of methoxy groups -OCH3 is 1. The number of hydrogen-bond donors (Lipinski definition) is 1. The van der Waals surface area contributed by atoms with Crippen molar-refractivity contribution in [1.29, 1.82) is 0 Å². The second-order valence-electron chi connectivity index (χ2n) is 8.67. The fourth-order valence-corrected chi connectivity index (χ4v) is 3.98. The molecule has 4 rings (SSSR count). The Balaban J connectivity index is 1.88. The summed E-state index contributed by atoms with van der Waals surface area (Å²) in [6.07, 6.45) is 0. The number of benzene rings is 2. The fourth-order valence-electron chi connectivity index (χ4n) is 3.98. The van der Waals surface area contributed by atoms with Crippen molar-refractivity contribution in [3.05, 3.63) is 98.3 Å². The molecule has 0 aliphatic rings. The van der Waals surface area contributed by atoms with E-state index in [1.807, 2.05) is 12.1 Å². The third-order valence-corrected chi connectivity index (χ3v) is 5.80. The largest absolute Gasteiger partial charge is 0.465 e. The van der Waals surface area contributed by atoms with Crippen LogP contribution in [0.5, 0.6) is 0 Å². The van der Waals surface area contributed by atoms with Crippen LogP contribution in [0.25, 0.3) is 16.7 Å². The summed E-state index contributed by atoms with van der Waals surface area (Å²) in [5, 5.41) is 2.62. The van der Waals surface area contributed by atoms with Gasteiger partial charge in [0.1, 0.15) is 6.54 Å². The number of anilines is 1. The Kier molecular flexibility index (Phi) is 6.82. The van der Waals surface area contributed by atoms with Gasteiger partial charge in [-0.15, -0.1) is 0 Å². The number of aromatic nitrogens is 3. The first kappa shape index (κ1) is 24.6. The van der Waals surface area contributed by atoms with E-state index in [9.17, 15) is 19.2 Å². The first-order valence-electron chi connectivity index (χ1n) is 11.4. The molecule has 0 unspecified atom stereocenters. The smallest absolute Gasteiger partial charge is 0.338 e. The third-order valence-electron chi connectivity index (χ3n) is 5.80. The predicted molar refractivity (Wildman–Crippen MR) is 137 cm³/mol. The zero-order chi connectivity index (χ0) is 26.0. The number of para-hydroxylation sites is 1. The summed E-state index contributed by atoms with van der Waals surface area (Å²) in [6.45, 7) is 5.23. The molecule has 36 heavy (non-hydrogen) atoms. The number of amides is 1. The number of pyridine rings is 1. The molecule has 1 N–H and O–H groups in total. The molecule has 2 heterocycles. The van der Waals surface area contributed by atoms with Gasteiger partial charge < -0.3 is 10.1 Å². The van der Waals surface area contributed by atoms with Crippen LogP contribution in [0.4, 0.5) is 5.69 Å². The molecule has 0 fully saturated rings. The molecule has 2 aromatic carbocycles. The van der Waals surface area contributed by atoms with Crippen molar-refractivity contribution in [2.45, 2.75) is 33.2 Å². The molecular weight excluding hydrogens is 460 g/mol. The SMILES string of the molecule is COC(=O)c1cc(C)nc2c1c(=O)n(CC(=O)Nc1ccc(C(C)C)cc1)c(=O)n2-c1ccccc1. The average Bonchev–Trinajstić information content (AvgIpc) is 2.86. The molecule has 9 heteroatoms. The molecule has 0 aliphatic heterocycles. The van der Waals surface area contributed by atoms with E-state index in [4.69, 9.17) is 4.74 Å². The molecule has 9 nitrogen and oxygen atoms in total. The topological polar surface area (TPSA) is 112 Å². The van der Waals surface area contributed by atoms with Gasteiger partial charge in [0.2, 0.25) is 5.91 Å². The third kappa shape index (κ3) is 4.68. The van der Waals surface area contributed by atoms with Crippen LogP contribution in [0.3, 0.4) is 0 Å². The van der Waals surface area contributed by atoms with Gasteiger partial charge in [0.15, 0.2) is 5.65 Å². The van der Waals surface area contributed by atoms with E-state index >= 15 is 0 Å². The van der Waals surface area contributed by atoms with E-state index < -0.39 is 29.7 Å². The van der Waals surface area contributed by atoms with Crippen LogP contribution in [-0.4, -0.2) is 33.1 Å². The minimum atomic E-state index is -0.805. The standard InChI is InChI=1S/C27H26N4O5/c1-16(2)18-10-12-19(13-11-18)29-22(32)15-30-25(33)23-21(26(34)36-4)14-17(3)28-24(23)31(27(30)35)20-8-6-5-7-9-20/h5-14,16H,15H2,1-4H3,(H,29,32). The number of aryl methyl sites for hydroxylation is 1. The Bertz CT molecular complexity index is 1570. The Morgan fingerprint density at radius 3 is 2.31 bits per heavy atom. The number of fused-ring (bicyclic) bond motifs is 1. The van der Waals surface area contributed by atoms with E-state index in [0.29, 0.717) is 23.0 Å². The van der Waals surface area contributed by atoms with Gasteiger partial charge in [0.25, 0.3) is 5.56 Å². The van der Waals surface area contributed by atoms with Gasteiger partial charge in [0, 0.05) is 11.4 Å². The lowest BCUT2D eigenvalue weighted by Gasteiger charge is -2.16. The minimum absolute atomic E-state index is 0.0116. The second kappa shape index (κ2) is 9.99. The summed E-state index contributed by atoms with van der Waals surface area (Å²) in [5.41, 5.74) is 0.923. The predicted octanol–water partition coefficient (Wildman–Crippen LogP) is 3.40. The first-order chi connectivity index (χ1) is 17.2. The number of carbonyl (C=O) groups is 2. The molecule has 0 saturated carbocycles. The number of hydrogen-bond acceptors (Lipinski definition) is 6. The lowest BCUT2D eigenvalue weighted by molar-refractivity contribution is -0.116. The molecule has 0 bridgehead atoms. The Morgan fingerprint density at radius 2 is 1.69 bits per heavy atom. The molecule has 0 atom stereocenters. The van der Waals surface area contributed by atoms with E-state index in [-0.39, 0.29) is 16.6 Å². The van der Waals surface area contributed by atoms with Gasteiger partial charge in [0.05, 0.1) is 23.7 Å². The normalized spacial score (nSPS) is 11.0. The highest BCUT2D eigenvalue weighted by atomic mass is 16.5. The Morgan fingerprint density at radius 1 is 1.03 bits per heavy atom. The summed E-state index contributed by atoms with van der Waals surface area (Å²) in [6, 6.07) is 17.4. The quantitative estimate of drug-likeness (QED) is 0.418. The van der Waals surface area contributed by atoms with Crippen molar-refractivity contribution >= 4 is 28.6 Å². The van der Waals surface area contributed by atoms with Crippen LogP contribution in [0.15, 0.2) is 70.3 Å². The zero-order valence-electron chi connectivity index (χ0n) is 20.4. The van der Waals surface area contributed by atoms with E-state index in [1.54, 1.807) is 49.4 Å². The average molecular weight is 487 g/mol. The highest BCUT2D eigenvalue weighted by Crippen LogP contribution is 2.19. The van der Waals surface area contributed by atoms with Crippen molar-refractivity contribution < 1.29 is 14.3 Å². The van der Waals surface area contributed by atoms with Crippen molar-refractivity contribution in [2.75, 3.05) is 12.4 Å². The first-order valence-corrected chi connectivity index (χ1v) is 11.4. The van der Waals surface area contributed by atoms with Gasteiger partial charge in [-0.05, 0) is 48.7 Å². The minimum Gasteiger partial charge on any atom is -0.465 e. The molecule has 1 amide bonds.